The van der Waals surface area contributed by atoms with E-state index in [1.165, 1.54) is 6.42 Å². The number of rotatable bonds is 3. The summed E-state index contributed by atoms with van der Waals surface area (Å²) in [6.07, 6.45) is 1.35. The molecule has 4 atom stereocenters. The molecule has 4 unspecified atom stereocenters. The van der Waals surface area contributed by atoms with Crippen LogP contribution < -0.4 is 5.32 Å². The molecule has 0 aromatic carbocycles. The van der Waals surface area contributed by atoms with Gasteiger partial charge >= 0.3 is 0 Å². The Labute approximate surface area is 85.8 Å². The Morgan fingerprint density at radius 1 is 1.57 bits per heavy atom. The van der Waals surface area contributed by atoms with E-state index < -0.39 is 0 Å². The standard InChI is InChI=1S/C11H21NO2/c1-7(13)6-12-9-8-4-5-14-10(8)11(9,2)3/h7-10,12-13H,4-6H2,1-3H3. The number of aliphatic hydroxyl groups is 1. The van der Waals surface area contributed by atoms with Crippen molar-refractivity contribution in [3.8, 4) is 0 Å². The molecule has 1 saturated carbocycles. The number of hydrogen-bond donors (Lipinski definition) is 2. The van der Waals surface area contributed by atoms with Crippen molar-refractivity contribution in [1.82, 2.24) is 5.32 Å². The number of hydrogen-bond acceptors (Lipinski definition) is 3. The largest absolute Gasteiger partial charge is 0.392 e. The van der Waals surface area contributed by atoms with E-state index in [-0.39, 0.29) is 11.5 Å². The molecule has 2 fully saturated rings. The Bertz CT molecular complexity index is 215. The first kappa shape index (κ1) is 10.4. The van der Waals surface area contributed by atoms with Gasteiger partial charge in [-0.25, -0.2) is 0 Å². The first-order valence-corrected chi connectivity index (χ1v) is 5.56. The van der Waals surface area contributed by atoms with Gasteiger partial charge < -0.3 is 15.2 Å². The number of ether oxygens (including phenoxy) is 1. The molecule has 2 rings (SSSR count). The van der Waals surface area contributed by atoms with Gasteiger partial charge in [-0.15, -0.1) is 0 Å². The average Bonchev–Trinajstić information content (AvgIpc) is 2.49. The molecule has 3 nitrogen and oxygen atoms in total. The summed E-state index contributed by atoms with van der Waals surface area (Å²) in [5.74, 6) is 0.670. The molecule has 1 saturated heterocycles. The SMILES string of the molecule is CC(O)CNC1C2CCOC2C1(C)C. The summed E-state index contributed by atoms with van der Waals surface area (Å²) in [6, 6.07) is 0.518. The summed E-state index contributed by atoms with van der Waals surface area (Å²) in [5, 5.41) is 12.7. The Morgan fingerprint density at radius 2 is 2.29 bits per heavy atom. The summed E-state index contributed by atoms with van der Waals surface area (Å²) in [5.41, 5.74) is 0.232. The first-order valence-electron chi connectivity index (χ1n) is 5.56. The molecule has 0 amide bonds. The van der Waals surface area contributed by atoms with Crippen LogP contribution in [0.4, 0.5) is 0 Å². The van der Waals surface area contributed by atoms with E-state index in [1.807, 2.05) is 6.92 Å². The molecule has 82 valence electrons. The van der Waals surface area contributed by atoms with Gasteiger partial charge in [0, 0.05) is 30.5 Å². The highest BCUT2D eigenvalue weighted by atomic mass is 16.5. The minimum atomic E-state index is -0.257. The number of aliphatic hydroxyl groups excluding tert-OH is 1. The lowest BCUT2D eigenvalue weighted by molar-refractivity contribution is -0.114. The van der Waals surface area contributed by atoms with Crippen molar-refractivity contribution in [2.45, 2.75) is 45.4 Å². The van der Waals surface area contributed by atoms with Gasteiger partial charge in [-0.2, -0.15) is 0 Å². The number of nitrogens with one attached hydrogen (secondary N) is 1. The highest BCUT2D eigenvalue weighted by Crippen LogP contribution is 2.51. The quantitative estimate of drug-likeness (QED) is 0.705. The topological polar surface area (TPSA) is 41.5 Å². The van der Waals surface area contributed by atoms with Gasteiger partial charge in [-0.05, 0) is 13.3 Å². The minimum absolute atomic E-state index is 0.232. The van der Waals surface area contributed by atoms with Gasteiger partial charge in [0.2, 0.25) is 0 Å². The third-order valence-corrected chi connectivity index (χ3v) is 3.73. The van der Waals surface area contributed by atoms with Gasteiger partial charge in [0.15, 0.2) is 0 Å². The second-order valence-electron chi connectivity index (χ2n) is 5.30. The zero-order valence-electron chi connectivity index (χ0n) is 9.29. The van der Waals surface area contributed by atoms with Gasteiger partial charge in [0.25, 0.3) is 0 Å². The molecule has 3 heteroatoms. The first-order chi connectivity index (χ1) is 6.53. The lowest BCUT2D eigenvalue weighted by Gasteiger charge is -2.55. The lowest BCUT2D eigenvalue weighted by atomic mass is 9.57. The Hall–Kier alpha value is -0.120. The van der Waals surface area contributed by atoms with Crippen LogP contribution in [0.3, 0.4) is 0 Å². The van der Waals surface area contributed by atoms with E-state index in [2.05, 4.69) is 19.2 Å². The van der Waals surface area contributed by atoms with E-state index in [4.69, 9.17) is 4.74 Å². The van der Waals surface area contributed by atoms with Crippen LogP contribution in [0, 0.1) is 11.3 Å². The summed E-state index contributed by atoms with van der Waals surface area (Å²) in [6.45, 7) is 7.92. The average molecular weight is 199 g/mol. The summed E-state index contributed by atoms with van der Waals surface area (Å²) in [7, 11) is 0. The molecule has 0 aromatic rings. The zero-order chi connectivity index (χ0) is 10.3. The monoisotopic (exact) mass is 199 g/mol. The van der Waals surface area contributed by atoms with Crippen molar-refractivity contribution >= 4 is 0 Å². The van der Waals surface area contributed by atoms with Crippen LogP contribution in [0.2, 0.25) is 0 Å². The van der Waals surface area contributed by atoms with Gasteiger partial charge in [0.1, 0.15) is 0 Å². The second kappa shape index (κ2) is 3.47. The zero-order valence-corrected chi connectivity index (χ0v) is 9.29. The van der Waals surface area contributed by atoms with Gasteiger partial charge in [-0.1, -0.05) is 13.8 Å². The van der Waals surface area contributed by atoms with E-state index >= 15 is 0 Å². The van der Waals surface area contributed by atoms with Crippen molar-refractivity contribution in [2.75, 3.05) is 13.2 Å². The Morgan fingerprint density at radius 3 is 2.93 bits per heavy atom. The van der Waals surface area contributed by atoms with E-state index in [0.717, 1.165) is 6.61 Å². The van der Waals surface area contributed by atoms with E-state index in [0.29, 0.717) is 24.6 Å². The molecular formula is C11H21NO2. The van der Waals surface area contributed by atoms with Crippen LogP contribution in [0.25, 0.3) is 0 Å². The van der Waals surface area contributed by atoms with Crippen LogP contribution in [-0.2, 0) is 4.74 Å². The fraction of sp³-hybridized carbons (Fsp3) is 1.00. The Kier molecular flexibility index (Phi) is 2.58. The molecule has 0 aromatic heterocycles. The fourth-order valence-corrected chi connectivity index (χ4v) is 3.04. The van der Waals surface area contributed by atoms with Gasteiger partial charge in [0.05, 0.1) is 12.2 Å². The molecule has 0 spiro atoms. The molecule has 1 heterocycles. The number of fused-ring (bicyclic) bond motifs is 1. The predicted molar refractivity (Wildman–Crippen MR) is 55.1 cm³/mol. The smallest absolute Gasteiger partial charge is 0.0685 e. The van der Waals surface area contributed by atoms with Crippen molar-refractivity contribution in [2.24, 2.45) is 11.3 Å². The summed E-state index contributed by atoms with van der Waals surface area (Å²) >= 11 is 0. The van der Waals surface area contributed by atoms with Crippen molar-refractivity contribution < 1.29 is 9.84 Å². The molecule has 14 heavy (non-hydrogen) atoms. The van der Waals surface area contributed by atoms with Gasteiger partial charge in [-0.3, -0.25) is 0 Å². The van der Waals surface area contributed by atoms with Crippen LogP contribution >= 0.6 is 0 Å². The van der Waals surface area contributed by atoms with Crippen molar-refractivity contribution in [3.05, 3.63) is 0 Å². The fourth-order valence-electron chi connectivity index (χ4n) is 3.04. The molecular weight excluding hydrogens is 178 g/mol. The summed E-state index contributed by atoms with van der Waals surface area (Å²) in [4.78, 5) is 0. The Balaban J connectivity index is 1.92. The van der Waals surface area contributed by atoms with E-state index in [9.17, 15) is 5.11 Å². The van der Waals surface area contributed by atoms with Crippen molar-refractivity contribution in [3.63, 3.8) is 0 Å². The van der Waals surface area contributed by atoms with Crippen molar-refractivity contribution in [1.29, 1.82) is 0 Å². The minimum Gasteiger partial charge on any atom is -0.392 e. The van der Waals surface area contributed by atoms with Crippen LogP contribution in [0.5, 0.6) is 0 Å². The highest BCUT2D eigenvalue weighted by molar-refractivity contribution is 5.11. The van der Waals surface area contributed by atoms with Crippen LogP contribution in [0.1, 0.15) is 27.2 Å². The predicted octanol–water partition coefficient (Wildman–Crippen LogP) is 0.770. The third-order valence-electron chi connectivity index (χ3n) is 3.73. The molecule has 0 radical (unpaired) electrons. The van der Waals surface area contributed by atoms with E-state index in [1.54, 1.807) is 0 Å². The maximum atomic E-state index is 9.24. The highest BCUT2D eigenvalue weighted by Gasteiger charge is 2.58. The molecule has 2 aliphatic rings. The van der Waals surface area contributed by atoms with Crippen LogP contribution in [-0.4, -0.2) is 36.5 Å². The maximum Gasteiger partial charge on any atom is 0.0685 e. The maximum absolute atomic E-state index is 9.24. The third kappa shape index (κ3) is 1.47. The second-order valence-corrected chi connectivity index (χ2v) is 5.30. The molecule has 1 aliphatic heterocycles. The lowest BCUT2D eigenvalue weighted by Crippen LogP contribution is -2.66. The normalized spacial score (nSPS) is 41.6. The molecule has 1 aliphatic carbocycles. The summed E-state index contributed by atoms with van der Waals surface area (Å²) < 4.78 is 5.70. The van der Waals surface area contributed by atoms with Crippen LogP contribution in [0.15, 0.2) is 0 Å². The molecule has 0 bridgehead atoms. The molecule has 2 N–H and O–H groups in total.